The molecule has 0 amide bonds. The first-order chi connectivity index (χ1) is 7.09. The molecule has 3 N–H and O–H groups in total. The Balaban J connectivity index is 2.64. The van der Waals surface area contributed by atoms with Crippen LogP contribution >= 0.6 is 12.2 Å². The van der Waals surface area contributed by atoms with E-state index in [-0.39, 0.29) is 5.11 Å². The smallest absolute Gasteiger partial charge is 0.184 e. The number of thiocarbonyl (C=S) groups is 1. The fourth-order valence-electron chi connectivity index (χ4n) is 1.14. The molecular weight excluding hydrogens is 206 g/mol. The molecule has 3 nitrogen and oxygen atoms in total. The Hall–Kier alpha value is -1.42. The summed E-state index contributed by atoms with van der Waals surface area (Å²) in [6.07, 6.45) is 1.68. The van der Waals surface area contributed by atoms with Gasteiger partial charge in [0.15, 0.2) is 5.11 Å². The summed E-state index contributed by atoms with van der Waals surface area (Å²) in [6.45, 7) is 4.33. The second-order valence-electron chi connectivity index (χ2n) is 3.56. The number of hydrogen-bond donors (Lipinski definition) is 2. The van der Waals surface area contributed by atoms with Crippen LogP contribution in [0.25, 0.3) is 0 Å². The number of hydrogen-bond acceptors (Lipinski definition) is 2. The first-order valence-corrected chi connectivity index (χ1v) is 5.19. The predicted molar refractivity (Wildman–Crippen MR) is 68.0 cm³/mol. The monoisotopic (exact) mass is 221 g/mol. The minimum absolute atomic E-state index is 0.171. The molecule has 0 fully saturated rings. The van der Waals surface area contributed by atoms with E-state index in [1.165, 1.54) is 5.56 Å². The van der Waals surface area contributed by atoms with Crippen molar-refractivity contribution in [3.8, 4) is 0 Å². The largest absolute Gasteiger partial charge is 0.375 e. The van der Waals surface area contributed by atoms with E-state index >= 15 is 0 Å². The van der Waals surface area contributed by atoms with Crippen molar-refractivity contribution in [3.05, 3.63) is 35.4 Å². The summed E-state index contributed by atoms with van der Waals surface area (Å²) in [5.41, 5.74) is 10.1. The average molecular weight is 221 g/mol. The zero-order chi connectivity index (χ0) is 11.3. The number of nitrogens with one attached hydrogen (secondary N) is 1. The molecule has 0 saturated carbocycles. The zero-order valence-electron chi connectivity index (χ0n) is 8.90. The third kappa shape index (κ3) is 4.08. The highest BCUT2D eigenvalue weighted by Crippen LogP contribution is 2.13. The van der Waals surface area contributed by atoms with Gasteiger partial charge in [-0.3, -0.25) is 5.43 Å². The van der Waals surface area contributed by atoms with E-state index in [0.717, 1.165) is 5.56 Å². The Morgan fingerprint density at radius 3 is 2.47 bits per heavy atom. The molecule has 0 atom stereocenters. The number of nitrogens with two attached hydrogens (primary N) is 1. The summed E-state index contributed by atoms with van der Waals surface area (Å²) in [5, 5.41) is 4.05. The van der Waals surface area contributed by atoms with Crippen molar-refractivity contribution in [2.75, 3.05) is 0 Å². The Morgan fingerprint density at radius 1 is 1.40 bits per heavy atom. The van der Waals surface area contributed by atoms with Crippen molar-refractivity contribution in [2.45, 2.75) is 19.8 Å². The van der Waals surface area contributed by atoms with E-state index in [0.29, 0.717) is 5.92 Å². The Morgan fingerprint density at radius 2 is 2.00 bits per heavy atom. The van der Waals surface area contributed by atoms with Crippen LogP contribution in [0.15, 0.2) is 29.4 Å². The van der Waals surface area contributed by atoms with Crippen LogP contribution in [-0.2, 0) is 0 Å². The lowest BCUT2D eigenvalue weighted by molar-refractivity contribution is 0.866. The molecule has 1 aromatic rings. The van der Waals surface area contributed by atoms with Crippen molar-refractivity contribution >= 4 is 23.5 Å². The number of rotatable bonds is 3. The van der Waals surface area contributed by atoms with Crippen LogP contribution in [0.4, 0.5) is 0 Å². The molecule has 0 unspecified atom stereocenters. The Bertz CT molecular complexity index is 355. The standard InChI is InChI=1S/C11H15N3S/c1-8(2)10-5-3-9(4-6-10)7-13-14-11(12)15/h3-8H,1-2H3,(H3,12,14,15)/b13-7+. The lowest BCUT2D eigenvalue weighted by Gasteiger charge is -2.04. The van der Waals surface area contributed by atoms with E-state index in [1.54, 1.807) is 6.21 Å². The molecule has 0 spiro atoms. The van der Waals surface area contributed by atoms with Crippen molar-refractivity contribution in [1.82, 2.24) is 5.43 Å². The van der Waals surface area contributed by atoms with E-state index in [1.807, 2.05) is 12.1 Å². The summed E-state index contributed by atoms with van der Waals surface area (Å²) < 4.78 is 0. The van der Waals surface area contributed by atoms with Gasteiger partial charge in [-0.1, -0.05) is 38.1 Å². The maximum Gasteiger partial charge on any atom is 0.184 e. The topological polar surface area (TPSA) is 50.4 Å². The summed E-state index contributed by atoms with van der Waals surface area (Å²) in [5.74, 6) is 0.547. The average Bonchev–Trinajstić information content (AvgIpc) is 2.18. The molecule has 4 heteroatoms. The summed E-state index contributed by atoms with van der Waals surface area (Å²) in [4.78, 5) is 0. The van der Waals surface area contributed by atoms with E-state index < -0.39 is 0 Å². The van der Waals surface area contributed by atoms with Crippen LogP contribution in [0.2, 0.25) is 0 Å². The van der Waals surface area contributed by atoms with Gasteiger partial charge in [0.2, 0.25) is 0 Å². The van der Waals surface area contributed by atoms with Gasteiger partial charge in [0.05, 0.1) is 6.21 Å². The quantitative estimate of drug-likeness (QED) is 0.466. The molecule has 1 aromatic carbocycles. The maximum absolute atomic E-state index is 5.23. The van der Waals surface area contributed by atoms with Crippen molar-refractivity contribution in [3.63, 3.8) is 0 Å². The molecule has 0 saturated heterocycles. The Labute approximate surface area is 95.4 Å². The van der Waals surface area contributed by atoms with Gasteiger partial charge in [-0.15, -0.1) is 0 Å². The van der Waals surface area contributed by atoms with Gasteiger partial charge in [0.1, 0.15) is 0 Å². The molecule has 0 aliphatic heterocycles. The molecule has 0 aliphatic rings. The highest BCUT2D eigenvalue weighted by molar-refractivity contribution is 7.80. The predicted octanol–water partition coefficient (Wildman–Crippen LogP) is 1.98. The van der Waals surface area contributed by atoms with Crippen molar-refractivity contribution < 1.29 is 0 Å². The van der Waals surface area contributed by atoms with Crippen LogP contribution < -0.4 is 11.2 Å². The molecule has 80 valence electrons. The lowest BCUT2D eigenvalue weighted by Crippen LogP contribution is -2.23. The highest BCUT2D eigenvalue weighted by Gasteiger charge is 1.97. The lowest BCUT2D eigenvalue weighted by atomic mass is 10.0. The molecular formula is C11H15N3S. The van der Waals surface area contributed by atoms with Gasteiger partial charge < -0.3 is 5.73 Å². The zero-order valence-corrected chi connectivity index (χ0v) is 9.71. The normalized spacial score (nSPS) is 10.9. The number of nitrogens with zero attached hydrogens (tertiary/aromatic N) is 1. The highest BCUT2D eigenvalue weighted by atomic mass is 32.1. The molecule has 1 rings (SSSR count). The SMILES string of the molecule is CC(C)c1ccc(/C=N/NC(N)=S)cc1. The first-order valence-electron chi connectivity index (χ1n) is 4.78. The minimum Gasteiger partial charge on any atom is -0.375 e. The third-order valence-electron chi connectivity index (χ3n) is 1.99. The summed E-state index contributed by atoms with van der Waals surface area (Å²) in [6, 6.07) is 8.21. The summed E-state index contributed by atoms with van der Waals surface area (Å²) in [7, 11) is 0. The van der Waals surface area contributed by atoms with Gasteiger partial charge >= 0.3 is 0 Å². The summed E-state index contributed by atoms with van der Waals surface area (Å²) >= 11 is 4.62. The third-order valence-corrected chi connectivity index (χ3v) is 2.08. The molecule has 0 aromatic heterocycles. The van der Waals surface area contributed by atoms with Gasteiger partial charge in [-0.2, -0.15) is 5.10 Å². The van der Waals surface area contributed by atoms with Crippen LogP contribution in [0.1, 0.15) is 30.9 Å². The second kappa shape index (κ2) is 5.46. The number of benzene rings is 1. The van der Waals surface area contributed by atoms with Gasteiger partial charge in [0, 0.05) is 0 Å². The fraction of sp³-hybridized carbons (Fsp3) is 0.273. The number of hydrazone groups is 1. The van der Waals surface area contributed by atoms with Crippen LogP contribution in [0.3, 0.4) is 0 Å². The van der Waals surface area contributed by atoms with Crippen LogP contribution in [0, 0.1) is 0 Å². The Kier molecular flexibility index (Phi) is 4.24. The minimum atomic E-state index is 0.171. The maximum atomic E-state index is 5.23. The van der Waals surface area contributed by atoms with Crippen molar-refractivity contribution in [2.24, 2.45) is 10.8 Å². The van der Waals surface area contributed by atoms with Crippen LogP contribution in [0.5, 0.6) is 0 Å². The van der Waals surface area contributed by atoms with E-state index in [4.69, 9.17) is 5.73 Å². The van der Waals surface area contributed by atoms with Crippen LogP contribution in [-0.4, -0.2) is 11.3 Å². The second-order valence-corrected chi connectivity index (χ2v) is 4.00. The molecule has 0 radical (unpaired) electrons. The van der Waals surface area contributed by atoms with Gasteiger partial charge in [-0.25, -0.2) is 0 Å². The van der Waals surface area contributed by atoms with E-state index in [2.05, 4.69) is 48.7 Å². The first kappa shape index (κ1) is 11.7. The van der Waals surface area contributed by atoms with Gasteiger partial charge in [-0.05, 0) is 29.3 Å². The molecule has 0 bridgehead atoms. The molecule has 0 heterocycles. The van der Waals surface area contributed by atoms with E-state index in [9.17, 15) is 0 Å². The molecule has 0 aliphatic carbocycles. The fourth-order valence-corrected chi connectivity index (χ4v) is 1.19. The molecule has 15 heavy (non-hydrogen) atoms. The van der Waals surface area contributed by atoms with Crippen molar-refractivity contribution in [1.29, 1.82) is 0 Å². The van der Waals surface area contributed by atoms with Gasteiger partial charge in [0.25, 0.3) is 0 Å².